The van der Waals surface area contributed by atoms with Crippen LogP contribution in [0.25, 0.3) is 0 Å². The molecule has 5 nitrogen and oxygen atoms in total. The van der Waals surface area contributed by atoms with E-state index in [4.69, 9.17) is 10.5 Å². The zero-order valence-corrected chi connectivity index (χ0v) is 9.39. The molecule has 0 unspecified atom stereocenters. The van der Waals surface area contributed by atoms with Crippen LogP contribution in [0.5, 0.6) is 5.88 Å². The molecule has 0 aromatic carbocycles. The molecule has 1 amide bonds. The molecule has 0 radical (unpaired) electrons. The second kappa shape index (κ2) is 4.95. The lowest BCUT2D eigenvalue weighted by Gasteiger charge is -2.21. The molecule has 0 atom stereocenters. The van der Waals surface area contributed by atoms with Gasteiger partial charge < -0.3 is 10.5 Å². The maximum absolute atomic E-state index is 11.1. The summed E-state index contributed by atoms with van der Waals surface area (Å²) in [5.41, 5.74) is 5.46. The largest absolute Gasteiger partial charge is 0.474 e. The van der Waals surface area contributed by atoms with E-state index in [2.05, 4.69) is 4.98 Å². The third-order valence-electron chi connectivity index (χ3n) is 2.80. The smallest absolute Gasteiger partial charge is 0.250 e. The van der Waals surface area contributed by atoms with Gasteiger partial charge in [-0.25, -0.2) is 4.98 Å². The Morgan fingerprint density at radius 3 is 2.59 bits per heavy atom. The highest BCUT2D eigenvalue weighted by atomic mass is 16.5. The number of nitrogens with two attached hydrogens (primary N) is 1. The monoisotopic (exact) mass is 234 g/mol. The molecular formula is C12H14N2O3. The molecule has 5 heteroatoms. The summed E-state index contributed by atoms with van der Waals surface area (Å²) in [4.78, 5) is 25.9. The SMILES string of the molecule is NC(=O)c1ccc(OC2CCC(=O)CC2)nc1. The van der Waals surface area contributed by atoms with E-state index in [1.807, 2.05) is 0 Å². The summed E-state index contributed by atoms with van der Waals surface area (Å²) >= 11 is 0. The lowest BCUT2D eigenvalue weighted by atomic mass is 9.96. The third kappa shape index (κ3) is 3.03. The van der Waals surface area contributed by atoms with Crippen molar-refractivity contribution in [3.63, 3.8) is 0 Å². The summed E-state index contributed by atoms with van der Waals surface area (Å²) in [6, 6.07) is 3.20. The Morgan fingerprint density at radius 2 is 2.06 bits per heavy atom. The number of ketones is 1. The van der Waals surface area contributed by atoms with Crippen LogP contribution in [0.3, 0.4) is 0 Å². The predicted octanol–water partition coefficient (Wildman–Crippen LogP) is 1.07. The van der Waals surface area contributed by atoms with Crippen molar-refractivity contribution in [3.05, 3.63) is 23.9 Å². The zero-order chi connectivity index (χ0) is 12.3. The molecule has 0 bridgehead atoms. The standard InChI is InChI=1S/C12H14N2O3/c13-12(16)8-1-6-11(14-7-8)17-10-4-2-9(15)3-5-10/h1,6-7,10H,2-5H2,(H2,13,16). The number of carbonyl (C=O) groups is 2. The number of hydrogen-bond acceptors (Lipinski definition) is 4. The van der Waals surface area contributed by atoms with Gasteiger partial charge in [0.25, 0.3) is 0 Å². The minimum Gasteiger partial charge on any atom is -0.474 e. The molecule has 1 aliphatic carbocycles. The highest BCUT2D eigenvalue weighted by Gasteiger charge is 2.20. The minimum absolute atomic E-state index is 0.0413. The summed E-state index contributed by atoms with van der Waals surface area (Å²) in [5, 5.41) is 0. The molecule has 2 N–H and O–H groups in total. The van der Waals surface area contributed by atoms with Crippen LogP contribution in [0.1, 0.15) is 36.0 Å². The molecule has 0 aliphatic heterocycles. The van der Waals surface area contributed by atoms with Gasteiger partial charge in [-0.15, -0.1) is 0 Å². The molecule has 1 saturated carbocycles. The number of aromatic nitrogens is 1. The lowest BCUT2D eigenvalue weighted by molar-refractivity contribution is -0.121. The highest BCUT2D eigenvalue weighted by molar-refractivity contribution is 5.92. The molecule has 2 rings (SSSR count). The van der Waals surface area contributed by atoms with Crippen LogP contribution in [0.4, 0.5) is 0 Å². The number of hydrogen-bond donors (Lipinski definition) is 1. The van der Waals surface area contributed by atoms with Crippen molar-refractivity contribution in [3.8, 4) is 5.88 Å². The number of rotatable bonds is 3. The maximum atomic E-state index is 11.1. The van der Waals surface area contributed by atoms with E-state index in [1.165, 1.54) is 6.20 Å². The summed E-state index contributed by atoms with van der Waals surface area (Å²) in [6.07, 6.45) is 4.05. The van der Waals surface area contributed by atoms with Crippen LogP contribution >= 0.6 is 0 Å². The average molecular weight is 234 g/mol. The fourth-order valence-electron chi connectivity index (χ4n) is 1.80. The summed E-state index contributed by atoms with van der Waals surface area (Å²) < 4.78 is 5.62. The summed E-state index contributed by atoms with van der Waals surface area (Å²) in [7, 11) is 0. The molecule has 1 aromatic rings. The second-order valence-corrected chi connectivity index (χ2v) is 4.11. The Bertz CT molecular complexity index is 418. The van der Waals surface area contributed by atoms with Gasteiger partial charge in [0.15, 0.2) is 0 Å². The van der Waals surface area contributed by atoms with Gasteiger partial charge in [-0.3, -0.25) is 9.59 Å². The first-order valence-electron chi connectivity index (χ1n) is 5.59. The van der Waals surface area contributed by atoms with Gasteiger partial charge in [0, 0.05) is 25.1 Å². The van der Waals surface area contributed by atoms with Gasteiger partial charge in [0.2, 0.25) is 11.8 Å². The molecule has 1 fully saturated rings. The number of primary amides is 1. The molecule has 90 valence electrons. The van der Waals surface area contributed by atoms with Crippen molar-refractivity contribution >= 4 is 11.7 Å². The number of carbonyl (C=O) groups excluding carboxylic acids is 2. The van der Waals surface area contributed by atoms with Crippen LogP contribution in [0.2, 0.25) is 0 Å². The van der Waals surface area contributed by atoms with Gasteiger partial charge in [0.1, 0.15) is 11.9 Å². The first-order chi connectivity index (χ1) is 8.15. The molecule has 1 aliphatic rings. The molecule has 17 heavy (non-hydrogen) atoms. The van der Waals surface area contributed by atoms with Gasteiger partial charge in [-0.1, -0.05) is 0 Å². The Morgan fingerprint density at radius 1 is 1.35 bits per heavy atom. The Labute approximate surface area is 99.0 Å². The van der Waals surface area contributed by atoms with Gasteiger partial charge in [0.05, 0.1) is 5.56 Å². The van der Waals surface area contributed by atoms with Crippen molar-refractivity contribution in [2.45, 2.75) is 31.8 Å². The molecule has 1 heterocycles. The zero-order valence-electron chi connectivity index (χ0n) is 9.39. The van der Waals surface area contributed by atoms with E-state index in [-0.39, 0.29) is 6.10 Å². The van der Waals surface area contributed by atoms with Crippen molar-refractivity contribution in [2.75, 3.05) is 0 Å². The third-order valence-corrected chi connectivity index (χ3v) is 2.80. The van der Waals surface area contributed by atoms with Crippen molar-refractivity contribution in [2.24, 2.45) is 5.73 Å². The van der Waals surface area contributed by atoms with Crippen LogP contribution < -0.4 is 10.5 Å². The number of amides is 1. The maximum Gasteiger partial charge on any atom is 0.250 e. The highest BCUT2D eigenvalue weighted by Crippen LogP contribution is 2.20. The molecule has 0 spiro atoms. The first-order valence-corrected chi connectivity index (χ1v) is 5.59. The van der Waals surface area contributed by atoms with E-state index in [9.17, 15) is 9.59 Å². The van der Waals surface area contributed by atoms with E-state index in [0.717, 1.165) is 12.8 Å². The number of pyridine rings is 1. The normalized spacial score (nSPS) is 16.8. The van der Waals surface area contributed by atoms with Gasteiger partial charge in [-0.05, 0) is 18.9 Å². The van der Waals surface area contributed by atoms with Crippen LogP contribution in [0.15, 0.2) is 18.3 Å². The Kier molecular flexibility index (Phi) is 3.37. The van der Waals surface area contributed by atoms with Crippen molar-refractivity contribution in [1.82, 2.24) is 4.98 Å². The van der Waals surface area contributed by atoms with Crippen LogP contribution in [0, 0.1) is 0 Å². The molecular weight excluding hydrogens is 220 g/mol. The fourth-order valence-corrected chi connectivity index (χ4v) is 1.80. The first kappa shape index (κ1) is 11.6. The van der Waals surface area contributed by atoms with E-state index < -0.39 is 5.91 Å². The van der Waals surface area contributed by atoms with Crippen molar-refractivity contribution < 1.29 is 14.3 Å². The quantitative estimate of drug-likeness (QED) is 0.848. The number of nitrogens with zero attached hydrogens (tertiary/aromatic N) is 1. The fraction of sp³-hybridized carbons (Fsp3) is 0.417. The summed E-state index contributed by atoms with van der Waals surface area (Å²) in [5.74, 6) is 0.253. The van der Waals surface area contributed by atoms with Crippen LogP contribution in [-0.2, 0) is 4.79 Å². The number of ether oxygens (including phenoxy) is 1. The van der Waals surface area contributed by atoms with E-state index in [1.54, 1.807) is 12.1 Å². The van der Waals surface area contributed by atoms with Gasteiger partial charge >= 0.3 is 0 Å². The van der Waals surface area contributed by atoms with Gasteiger partial charge in [-0.2, -0.15) is 0 Å². The minimum atomic E-state index is -0.507. The second-order valence-electron chi connectivity index (χ2n) is 4.11. The summed E-state index contributed by atoms with van der Waals surface area (Å²) in [6.45, 7) is 0. The van der Waals surface area contributed by atoms with E-state index in [0.29, 0.717) is 30.1 Å². The Hall–Kier alpha value is -1.91. The average Bonchev–Trinajstić information content (AvgIpc) is 2.33. The van der Waals surface area contributed by atoms with Crippen molar-refractivity contribution in [1.29, 1.82) is 0 Å². The van der Waals surface area contributed by atoms with Crippen LogP contribution in [-0.4, -0.2) is 22.8 Å². The predicted molar refractivity (Wildman–Crippen MR) is 60.6 cm³/mol. The Balaban J connectivity index is 1.95. The molecule has 0 saturated heterocycles. The molecule has 1 aromatic heterocycles. The van der Waals surface area contributed by atoms with E-state index >= 15 is 0 Å². The number of Topliss-reactive ketones (excluding diaryl/α,β-unsaturated/α-hetero) is 1. The topological polar surface area (TPSA) is 82.3 Å². The lowest BCUT2D eigenvalue weighted by Crippen LogP contribution is -2.24.